The minimum atomic E-state index is -0.186. The first-order valence-electron chi connectivity index (χ1n) is 7.50. The zero-order chi connectivity index (χ0) is 15.0. The zero-order valence-corrected chi connectivity index (χ0v) is 12.9. The molecule has 1 atom stereocenters. The molecule has 0 aliphatic carbocycles. The number of amides is 1. The highest BCUT2D eigenvalue weighted by atomic mass is 16.2. The zero-order valence-electron chi connectivity index (χ0n) is 12.9. The van der Waals surface area contributed by atoms with Crippen molar-refractivity contribution in [2.75, 3.05) is 23.7 Å². The number of benzene rings is 1. The summed E-state index contributed by atoms with van der Waals surface area (Å²) >= 11 is 0. The monoisotopic (exact) mass is 277 g/mol. The number of nitrogens with two attached hydrogens (primary N) is 1. The molecule has 0 heterocycles. The lowest BCUT2D eigenvalue weighted by Crippen LogP contribution is -2.46. The van der Waals surface area contributed by atoms with E-state index in [0.717, 1.165) is 43.7 Å². The van der Waals surface area contributed by atoms with E-state index >= 15 is 0 Å². The standard InChI is InChI=1S/C16H27N3O/c1-4-6-10-18-16(20)13(3)19(11-5-2)15-9-7-8-14(17)12-15/h7-9,12-13H,4-6,10-11,17H2,1-3H3,(H,18,20). The van der Waals surface area contributed by atoms with E-state index in [-0.39, 0.29) is 11.9 Å². The molecule has 4 nitrogen and oxygen atoms in total. The summed E-state index contributed by atoms with van der Waals surface area (Å²) in [6, 6.07) is 7.52. The average molecular weight is 277 g/mol. The topological polar surface area (TPSA) is 58.4 Å². The van der Waals surface area contributed by atoms with Crippen LogP contribution in [0.3, 0.4) is 0 Å². The molecule has 1 aromatic carbocycles. The Morgan fingerprint density at radius 1 is 1.35 bits per heavy atom. The van der Waals surface area contributed by atoms with Crippen molar-refractivity contribution in [2.45, 2.75) is 46.1 Å². The number of carbonyl (C=O) groups excluding carboxylic acids is 1. The van der Waals surface area contributed by atoms with Gasteiger partial charge >= 0.3 is 0 Å². The molecule has 0 aliphatic heterocycles. The fraction of sp³-hybridized carbons (Fsp3) is 0.562. The van der Waals surface area contributed by atoms with Gasteiger partial charge in [-0.1, -0.05) is 26.3 Å². The van der Waals surface area contributed by atoms with Gasteiger partial charge in [0.25, 0.3) is 0 Å². The second-order valence-corrected chi connectivity index (χ2v) is 5.11. The van der Waals surface area contributed by atoms with E-state index in [1.54, 1.807) is 0 Å². The van der Waals surface area contributed by atoms with Gasteiger partial charge in [0.15, 0.2) is 0 Å². The van der Waals surface area contributed by atoms with E-state index in [2.05, 4.69) is 24.1 Å². The highest BCUT2D eigenvalue weighted by Gasteiger charge is 2.20. The molecule has 0 radical (unpaired) electrons. The minimum Gasteiger partial charge on any atom is -0.399 e. The molecular weight excluding hydrogens is 250 g/mol. The molecule has 0 saturated heterocycles. The molecule has 1 amide bonds. The Kier molecular flexibility index (Phi) is 6.91. The first-order valence-corrected chi connectivity index (χ1v) is 7.50. The van der Waals surface area contributed by atoms with E-state index < -0.39 is 0 Å². The Morgan fingerprint density at radius 2 is 2.10 bits per heavy atom. The Labute approximate surface area is 122 Å². The van der Waals surface area contributed by atoms with Gasteiger partial charge < -0.3 is 16.0 Å². The highest BCUT2D eigenvalue weighted by Crippen LogP contribution is 2.20. The van der Waals surface area contributed by atoms with Gasteiger partial charge in [-0.15, -0.1) is 0 Å². The maximum absolute atomic E-state index is 12.2. The summed E-state index contributed by atoms with van der Waals surface area (Å²) in [6.07, 6.45) is 3.09. The van der Waals surface area contributed by atoms with E-state index in [4.69, 9.17) is 5.73 Å². The third-order valence-corrected chi connectivity index (χ3v) is 3.34. The van der Waals surface area contributed by atoms with Gasteiger partial charge in [-0.3, -0.25) is 4.79 Å². The lowest BCUT2D eigenvalue weighted by Gasteiger charge is -2.30. The smallest absolute Gasteiger partial charge is 0.242 e. The third kappa shape index (κ3) is 4.76. The number of carbonyl (C=O) groups is 1. The number of unbranched alkanes of at least 4 members (excludes halogenated alkanes) is 1. The summed E-state index contributed by atoms with van der Waals surface area (Å²) in [5, 5.41) is 2.99. The molecule has 0 aromatic heterocycles. The molecule has 0 saturated carbocycles. The largest absolute Gasteiger partial charge is 0.399 e. The van der Waals surface area contributed by atoms with Crippen LogP contribution in [0.4, 0.5) is 11.4 Å². The van der Waals surface area contributed by atoms with Gasteiger partial charge in [-0.2, -0.15) is 0 Å². The summed E-state index contributed by atoms with van der Waals surface area (Å²) < 4.78 is 0. The molecule has 0 fully saturated rings. The first-order chi connectivity index (χ1) is 9.60. The molecule has 0 aliphatic rings. The van der Waals surface area contributed by atoms with Gasteiger partial charge in [0, 0.05) is 24.5 Å². The van der Waals surface area contributed by atoms with Crippen LogP contribution in [0.2, 0.25) is 0 Å². The number of anilines is 2. The van der Waals surface area contributed by atoms with Crippen LogP contribution in [0, 0.1) is 0 Å². The summed E-state index contributed by atoms with van der Waals surface area (Å²) in [6.45, 7) is 7.76. The normalized spacial score (nSPS) is 11.9. The summed E-state index contributed by atoms with van der Waals surface area (Å²) in [5.74, 6) is 0.0781. The van der Waals surface area contributed by atoms with E-state index in [9.17, 15) is 4.79 Å². The third-order valence-electron chi connectivity index (χ3n) is 3.34. The quantitative estimate of drug-likeness (QED) is 0.567. The molecular formula is C16H27N3O. The van der Waals surface area contributed by atoms with Gasteiger partial charge in [0.05, 0.1) is 0 Å². The lowest BCUT2D eigenvalue weighted by atomic mass is 10.2. The fourth-order valence-electron chi connectivity index (χ4n) is 2.17. The molecule has 0 bridgehead atoms. The minimum absolute atomic E-state index is 0.0781. The van der Waals surface area contributed by atoms with E-state index in [0.29, 0.717) is 0 Å². The van der Waals surface area contributed by atoms with Crippen molar-refractivity contribution < 1.29 is 4.79 Å². The number of nitrogens with zero attached hydrogens (tertiary/aromatic N) is 1. The molecule has 112 valence electrons. The molecule has 1 unspecified atom stereocenters. The van der Waals surface area contributed by atoms with Gasteiger partial charge in [0.1, 0.15) is 6.04 Å². The van der Waals surface area contributed by atoms with E-state index in [1.807, 2.05) is 31.2 Å². The van der Waals surface area contributed by atoms with Crippen molar-refractivity contribution in [3.63, 3.8) is 0 Å². The maximum Gasteiger partial charge on any atom is 0.242 e. The summed E-state index contributed by atoms with van der Waals surface area (Å²) in [7, 11) is 0. The molecule has 3 N–H and O–H groups in total. The van der Waals surface area contributed by atoms with Gasteiger partial charge in [-0.05, 0) is 38.0 Å². The molecule has 1 aromatic rings. The second kappa shape index (κ2) is 8.46. The molecule has 4 heteroatoms. The maximum atomic E-state index is 12.2. The van der Waals surface area contributed by atoms with Gasteiger partial charge in [-0.25, -0.2) is 0 Å². The number of rotatable bonds is 8. The van der Waals surface area contributed by atoms with Crippen LogP contribution >= 0.6 is 0 Å². The average Bonchev–Trinajstić information content (AvgIpc) is 2.44. The van der Waals surface area contributed by atoms with Crippen LogP contribution in [0.25, 0.3) is 0 Å². The lowest BCUT2D eigenvalue weighted by molar-refractivity contribution is -0.122. The summed E-state index contributed by atoms with van der Waals surface area (Å²) in [4.78, 5) is 14.3. The van der Waals surface area contributed by atoms with Crippen LogP contribution in [-0.4, -0.2) is 25.0 Å². The van der Waals surface area contributed by atoms with Crippen molar-refractivity contribution in [1.29, 1.82) is 0 Å². The van der Waals surface area contributed by atoms with Crippen LogP contribution in [0.15, 0.2) is 24.3 Å². The van der Waals surface area contributed by atoms with E-state index in [1.165, 1.54) is 0 Å². The fourth-order valence-corrected chi connectivity index (χ4v) is 2.17. The van der Waals surface area contributed by atoms with Crippen LogP contribution in [-0.2, 0) is 4.79 Å². The number of hydrogen-bond acceptors (Lipinski definition) is 3. The highest BCUT2D eigenvalue weighted by molar-refractivity contribution is 5.85. The Bertz CT molecular complexity index is 420. The van der Waals surface area contributed by atoms with Crippen LogP contribution in [0.5, 0.6) is 0 Å². The number of nitrogen functional groups attached to an aromatic ring is 1. The SMILES string of the molecule is CCCCNC(=O)C(C)N(CCC)c1cccc(N)c1. The predicted octanol–water partition coefficient (Wildman–Crippen LogP) is 2.79. The molecule has 0 spiro atoms. The van der Waals surface area contributed by atoms with Crippen molar-refractivity contribution in [1.82, 2.24) is 5.32 Å². The number of nitrogens with one attached hydrogen (secondary N) is 1. The van der Waals surface area contributed by atoms with Crippen molar-refractivity contribution in [3.05, 3.63) is 24.3 Å². The second-order valence-electron chi connectivity index (χ2n) is 5.11. The Morgan fingerprint density at radius 3 is 2.70 bits per heavy atom. The van der Waals surface area contributed by atoms with Crippen molar-refractivity contribution in [3.8, 4) is 0 Å². The Hall–Kier alpha value is -1.71. The first kappa shape index (κ1) is 16.3. The summed E-state index contributed by atoms with van der Waals surface area (Å²) in [5.41, 5.74) is 7.57. The van der Waals surface area contributed by atoms with Gasteiger partial charge in [0.2, 0.25) is 5.91 Å². The van der Waals surface area contributed by atoms with Crippen LogP contribution in [0.1, 0.15) is 40.0 Å². The predicted molar refractivity (Wildman–Crippen MR) is 85.9 cm³/mol. The number of hydrogen-bond donors (Lipinski definition) is 2. The van der Waals surface area contributed by atoms with Crippen molar-refractivity contribution in [2.24, 2.45) is 0 Å². The van der Waals surface area contributed by atoms with Crippen LogP contribution < -0.4 is 16.0 Å². The Balaban J connectivity index is 2.76. The molecule has 1 rings (SSSR count). The van der Waals surface area contributed by atoms with Crippen molar-refractivity contribution >= 4 is 17.3 Å². The molecule has 20 heavy (non-hydrogen) atoms.